The van der Waals surface area contributed by atoms with Crippen LogP contribution in [0.4, 0.5) is 4.39 Å². The second-order valence-corrected chi connectivity index (χ2v) is 6.96. The van der Waals surface area contributed by atoms with Crippen LogP contribution in [-0.2, 0) is 6.54 Å². The SMILES string of the molecule is Cl.Cl.Fc1ccccc1-c1nc(CN2CCNCC2c2cccnc2)cs1. The van der Waals surface area contributed by atoms with Gasteiger partial charge >= 0.3 is 0 Å². The molecule has 1 aliphatic rings. The third kappa shape index (κ3) is 5.03. The Hall–Kier alpha value is -1.57. The van der Waals surface area contributed by atoms with Crippen molar-refractivity contribution in [1.82, 2.24) is 20.2 Å². The van der Waals surface area contributed by atoms with Crippen molar-refractivity contribution in [1.29, 1.82) is 0 Å². The van der Waals surface area contributed by atoms with Gasteiger partial charge < -0.3 is 5.32 Å². The minimum Gasteiger partial charge on any atom is -0.314 e. The van der Waals surface area contributed by atoms with E-state index in [0.29, 0.717) is 5.56 Å². The average molecular weight is 427 g/mol. The van der Waals surface area contributed by atoms with Crippen LogP contribution in [-0.4, -0.2) is 34.5 Å². The molecule has 1 atom stereocenters. The number of nitrogens with one attached hydrogen (secondary N) is 1. The molecule has 0 spiro atoms. The third-order valence-electron chi connectivity index (χ3n) is 4.44. The molecule has 3 heterocycles. The van der Waals surface area contributed by atoms with Crippen molar-refractivity contribution in [3.8, 4) is 10.6 Å². The van der Waals surface area contributed by atoms with E-state index in [1.54, 1.807) is 18.3 Å². The van der Waals surface area contributed by atoms with Crippen molar-refractivity contribution in [2.75, 3.05) is 19.6 Å². The molecule has 27 heavy (non-hydrogen) atoms. The first-order valence-corrected chi connectivity index (χ1v) is 9.23. The number of benzene rings is 1. The Morgan fingerprint density at radius 1 is 1.19 bits per heavy atom. The van der Waals surface area contributed by atoms with Crippen molar-refractivity contribution in [3.05, 3.63) is 71.2 Å². The molecule has 1 aromatic carbocycles. The predicted octanol–water partition coefficient (Wildman–Crippen LogP) is 4.33. The quantitative estimate of drug-likeness (QED) is 0.673. The topological polar surface area (TPSA) is 41.1 Å². The summed E-state index contributed by atoms with van der Waals surface area (Å²) in [5.41, 5.74) is 2.76. The molecule has 0 radical (unpaired) electrons. The number of pyridine rings is 1. The normalized spacial score (nSPS) is 17.0. The molecular formula is C19H21Cl2FN4S. The van der Waals surface area contributed by atoms with Gasteiger partial charge in [0, 0.05) is 55.6 Å². The average Bonchev–Trinajstić information content (AvgIpc) is 3.11. The molecule has 1 N–H and O–H groups in total. The highest BCUT2D eigenvalue weighted by atomic mass is 35.5. The fraction of sp³-hybridized carbons (Fsp3) is 0.263. The monoisotopic (exact) mass is 426 g/mol. The van der Waals surface area contributed by atoms with E-state index in [1.807, 2.05) is 23.7 Å². The highest BCUT2D eigenvalue weighted by Gasteiger charge is 2.24. The van der Waals surface area contributed by atoms with Gasteiger partial charge in [-0.05, 0) is 23.8 Å². The van der Waals surface area contributed by atoms with Gasteiger partial charge in [0.2, 0.25) is 0 Å². The summed E-state index contributed by atoms with van der Waals surface area (Å²) in [6.45, 7) is 3.56. The number of nitrogens with zero attached hydrogens (tertiary/aromatic N) is 3. The molecule has 0 amide bonds. The molecule has 4 nitrogen and oxygen atoms in total. The number of piperazine rings is 1. The second-order valence-electron chi connectivity index (χ2n) is 6.10. The van der Waals surface area contributed by atoms with Gasteiger partial charge in [-0.15, -0.1) is 36.2 Å². The zero-order chi connectivity index (χ0) is 17.1. The lowest BCUT2D eigenvalue weighted by Crippen LogP contribution is -2.45. The summed E-state index contributed by atoms with van der Waals surface area (Å²) >= 11 is 1.50. The van der Waals surface area contributed by atoms with Crippen molar-refractivity contribution in [3.63, 3.8) is 0 Å². The summed E-state index contributed by atoms with van der Waals surface area (Å²) < 4.78 is 14.0. The molecule has 0 bridgehead atoms. The van der Waals surface area contributed by atoms with Crippen LogP contribution < -0.4 is 5.32 Å². The van der Waals surface area contributed by atoms with Crippen molar-refractivity contribution < 1.29 is 4.39 Å². The lowest BCUT2D eigenvalue weighted by molar-refractivity contribution is 0.152. The van der Waals surface area contributed by atoms with Gasteiger partial charge in [-0.2, -0.15) is 0 Å². The number of aromatic nitrogens is 2. The van der Waals surface area contributed by atoms with Crippen LogP contribution in [0.15, 0.2) is 54.2 Å². The van der Waals surface area contributed by atoms with Gasteiger partial charge in [0.1, 0.15) is 10.8 Å². The first-order chi connectivity index (χ1) is 12.3. The molecule has 1 aliphatic heterocycles. The summed E-state index contributed by atoms with van der Waals surface area (Å²) in [6.07, 6.45) is 3.72. The first kappa shape index (κ1) is 21.7. The highest BCUT2D eigenvalue weighted by Crippen LogP contribution is 2.28. The van der Waals surface area contributed by atoms with Crippen LogP contribution in [0.5, 0.6) is 0 Å². The second kappa shape index (κ2) is 10.1. The first-order valence-electron chi connectivity index (χ1n) is 8.35. The Balaban J connectivity index is 0.00000131. The predicted molar refractivity (Wildman–Crippen MR) is 112 cm³/mol. The Kier molecular flexibility index (Phi) is 8.13. The number of hydrogen-bond donors (Lipinski definition) is 1. The Bertz CT molecular complexity index is 846. The Morgan fingerprint density at radius 2 is 2.04 bits per heavy atom. The molecule has 0 aliphatic carbocycles. The lowest BCUT2D eigenvalue weighted by Gasteiger charge is -2.35. The molecule has 0 saturated carbocycles. The summed E-state index contributed by atoms with van der Waals surface area (Å²) in [5.74, 6) is -0.223. The van der Waals surface area contributed by atoms with Gasteiger partial charge in [-0.25, -0.2) is 9.37 Å². The van der Waals surface area contributed by atoms with Crippen LogP contribution in [0.2, 0.25) is 0 Å². The van der Waals surface area contributed by atoms with Crippen molar-refractivity contribution in [2.45, 2.75) is 12.6 Å². The van der Waals surface area contributed by atoms with Gasteiger partial charge in [0.05, 0.1) is 5.69 Å². The van der Waals surface area contributed by atoms with Crippen LogP contribution >= 0.6 is 36.2 Å². The summed E-state index contributed by atoms with van der Waals surface area (Å²) in [7, 11) is 0. The minimum atomic E-state index is -0.223. The van der Waals surface area contributed by atoms with Gasteiger partial charge in [-0.1, -0.05) is 18.2 Å². The molecule has 3 aromatic rings. The number of halogens is 3. The third-order valence-corrected chi connectivity index (χ3v) is 5.37. The molecule has 144 valence electrons. The van der Waals surface area contributed by atoms with E-state index >= 15 is 0 Å². The maximum absolute atomic E-state index is 14.0. The Morgan fingerprint density at radius 3 is 2.81 bits per heavy atom. The van der Waals surface area contributed by atoms with E-state index in [2.05, 4.69) is 26.3 Å². The molecule has 2 aromatic heterocycles. The number of thiazole rings is 1. The van der Waals surface area contributed by atoms with E-state index in [9.17, 15) is 4.39 Å². The van der Waals surface area contributed by atoms with E-state index in [1.165, 1.54) is 23.0 Å². The molecule has 1 unspecified atom stereocenters. The fourth-order valence-electron chi connectivity index (χ4n) is 3.18. The molecule has 1 fully saturated rings. The van der Waals surface area contributed by atoms with Crippen LogP contribution in [0.1, 0.15) is 17.3 Å². The zero-order valence-corrected chi connectivity index (χ0v) is 17.0. The van der Waals surface area contributed by atoms with E-state index in [4.69, 9.17) is 0 Å². The Labute approximate surface area is 174 Å². The van der Waals surface area contributed by atoms with Gasteiger partial charge in [0.25, 0.3) is 0 Å². The van der Waals surface area contributed by atoms with E-state index in [0.717, 1.165) is 36.9 Å². The molecule has 4 rings (SSSR count). The largest absolute Gasteiger partial charge is 0.314 e. The standard InChI is InChI=1S/C19H19FN4S.2ClH/c20-17-6-2-1-5-16(17)19-23-15(13-25-19)12-24-9-8-22-11-18(24)14-4-3-7-21-10-14;;/h1-7,10,13,18,22H,8-9,11-12H2;2*1H. The summed E-state index contributed by atoms with van der Waals surface area (Å²) in [4.78, 5) is 11.3. The van der Waals surface area contributed by atoms with Crippen LogP contribution in [0.25, 0.3) is 10.6 Å². The van der Waals surface area contributed by atoms with Crippen LogP contribution in [0, 0.1) is 5.82 Å². The zero-order valence-electron chi connectivity index (χ0n) is 14.5. The smallest absolute Gasteiger partial charge is 0.133 e. The lowest BCUT2D eigenvalue weighted by atomic mass is 10.1. The van der Waals surface area contributed by atoms with Crippen LogP contribution in [0.3, 0.4) is 0 Å². The fourth-order valence-corrected chi connectivity index (χ4v) is 4.02. The van der Waals surface area contributed by atoms with Gasteiger partial charge in [0.15, 0.2) is 0 Å². The maximum atomic E-state index is 14.0. The van der Waals surface area contributed by atoms with Crippen molar-refractivity contribution in [2.24, 2.45) is 0 Å². The maximum Gasteiger partial charge on any atom is 0.133 e. The summed E-state index contributed by atoms with van der Waals surface area (Å²) in [6, 6.07) is 11.2. The highest BCUT2D eigenvalue weighted by molar-refractivity contribution is 7.13. The van der Waals surface area contributed by atoms with E-state index in [-0.39, 0.29) is 36.7 Å². The summed E-state index contributed by atoms with van der Waals surface area (Å²) in [5, 5.41) is 6.22. The van der Waals surface area contributed by atoms with Crippen molar-refractivity contribution >= 4 is 36.2 Å². The number of hydrogen-bond acceptors (Lipinski definition) is 5. The molecular weight excluding hydrogens is 406 g/mol. The molecule has 8 heteroatoms. The number of rotatable bonds is 4. The van der Waals surface area contributed by atoms with Gasteiger partial charge in [-0.3, -0.25) is 9.88 Å². The molecule has 1 saturated heterocycles. The minimum absolute atomic E-state index is 0. The van der Waals surface area contributed by atoms with E-state index < -0.39 is 0 Å².